The Morgan fingerprint density at radius 3 is 2.58 bits per heavy atom. The van der Waals surface area contributed by atoms with Crippen LogP contribution >= 0.6 is 11.6 Å². The van der Waals surface area contributed by atoms with Gasteiger partial charge in [0.1, 0.15) is 11.4 Å². The molecule has 0 saturated carbocycles. The van der Waals surface area contributed by atoms with Crippen molar-refractivity contribution in [3.05, 3.63) is 65.3 Å². The third-order valence-corrected chi connectivity index (χ3v) is 4.81. The number of aromatic hydroxyl groups is 1. The van der Waals surface area contributed by atoms with Crippen LogP contribution in [0.1, 0.15) is 11.7 Å². The zero-order valence-electron chi connectivity index (χ0n) is 17.4. The van der Waals surface area contributed by atoms with Gasteiger partial charge in [0.25, 0.3) is 0 Å². The molecular weight excluding hydrogens is 420 g/mol. The SMILES string of the molecule is CN(CC(O)c1cccc(O)c1)C(=O)Oc1cnc(N(C)C)nc1-c1ccccc1Cl. The molecule has 1 heterocycles. The van der Waals surface area contributed by atoms with Crippen molar-refractivity contribution in [1.29, 1.82) is 0 Å². The lowest BCUT2D eigenvalue weighted by Crippen LogP contribution is -2.33. The number of ether oxygens (including phenoxy) is 1. The molecule has 0 bridgehead atoms. The number of likely N-dealkylation sites (N-methyl/N-ethyl adjacent to an activating group) is 1. The predicted molar refractivity (Wildman–Crippen MR) is 119 cm³/mol. The second kappa shape index (κ2) is 9.63. The Morgan fingerprint density at radius 1 is 1.16 bits per heavy atom. The summed E-state index contributed by atoms with van der Waals surface area (Å²) in [4.78, 5) is 24.3. The van der Waals surface area contributed by atoms with E-state index in [2.05, 4.69) is 9.97 Å². The van der Waals surface area contributed by atoms with Crippen LogP contribution in [-0.4, -0.2) is 58.9 Å². The van der Waals surface area contributed by atoms with Crippen molar-refractivity contribution in [3.63, 3.8) is 0 Å². The van der Waals surface area contributed by atoms with Crippen LogP contribution in [0.5, 0.6) is 11.5 Å². The Kier molecular flexibility index (Phi) is 6.94. The number of nitrogens with zero attached hydrogens (tertiary/aromatic N) is 4. The molecule has 0 aliphatic rings. The predicted octanol–water partition coefficient (Wildman–Crippen LogP) is 3.73. The maximum atomic E-state index is 12.7. The molecule has 1 atom stereocenters. The highest BCUT2D eigenvalue weighted by molar-refractivity contribution is 6.33. The monoisotopic (exact) mass is 442 g/mol. The highest BCUT2D eigenvalue weighted by Crippen LogP contribution is 2.34. The van der Waals surface area contributed by atoms with E-state index in [0.29, 0.717) is 27.8 Å². The van der Waals surface area contributed by atoms with Gasteiger partial charge in [0.15, 0.2) is 5.75 Å². The van der Waals surface area contributed by atoms with Crippen molar-refractivity contribution < 1.29 is 19.7 Å². The molecule has 1 aromatic heterocycles. The Labute approximate surface area is 185 Å². The summed E-state index contributed by atoms with van der Waals surface area (Å²) in [5, 5.41) is 20.4. The van der Waals surface area contributed by atoms with E-state index in [1.165, 1.54) is 30.3 Å². The summed E-state index contributed by atoms with van der Waals surface area (Å²) < 4.78 is 5.54. The van der Waals surface area contributed by atoms with Crippen LogP contribution < -0.4 is 9.64 Å². The van der Waals surface area contributed by atoms with Gasteiger partial charge in [-0.1, -0.05) is 41.9 Å². The summed E-state index contributed by atoms with van der Waals surface area (Å²) in [7, 11) is 5.10. The largest absolute Gasteiger partial charge is 0.508 e. The normalized spacial score (nSPS) is 11.6. The molecule has 0 aliphatic heterocycles. The molecule has 1 amide bonds. The van der Waals surface area contributed by atoms with E-state index < -0.39 is 12.2 Å². The number of anilines is 1. The van der Waals surface area contributed by atoms with E-state index in [9.17, 15) is 15.0 Å². The Morgan fingerprint density at radius 2 is 1.90 bits per heavy atom. The number of carbonyl (C=O) groups excluding carboxylic acids is 1. The van der Waals surface area contributed by atoms with Crippen molar-refractivity contribution in [1.82, 2.24) is 14.9 Å². The molecule has 3 aromatic rings. The first kappa shape index (κ1) is 22.3. The molecule has 2 N–H and O–H groups in total. The van der Waals surface area contributed by atoms with E-state index in [-0.39, 0.29) is 18.0 Å². The minimum Gasteiger partial charge on any atom is -0.508 e. The number of amides is 1. The van der Waals surface area contributed by atoms with Crippen molar-refractivity contribution in [2.24, 2.45) is 0 Å². The number of phenols is 1. The van der Waals surface area contributed by atoms with Crippen molar-refractivity contribution in [2.45, 2.75) is 6.10 Å². The highest BCUT2D eigenvalue weighted by atomic mass is 35.5. The fraction of sp³-hybridized carbons (Fsp3) is 0.227. The summed E-state index contributed by atoms with van der Waals surface area (Å²) in [5.41, 5.74) is 1.45. The number of benzene rings is 2. The van der Waals surface area contributed by atoms with Gasteiger partial charge in [-0.15, -0.1) is 0 Å². The van der Waals surface area contributed by atoms with Gasteiger partial charge in [-0.2, -0.15) is 0 Å². The van der Waals surface area contributed by atoms with Gasteiger partial charge >= 0.3 is 6.09 Å². The van der Waals surface area contributed by atoms with E-state index in [4.69, 9.17) is 16.3 Å². The summed E-state index contributed by atoms with van der Waals surface area (Å²) in [5.74, 6) is 0.606. The lowest BCUT2D eigenvalue weighted by Gasteiger charge is -2.21. The molecule has 31 heavy (non-hydrogen) atoms. The zero-order valence-corrected chi connectivity index (χ0v) is 18.1. The smallest absolute Gasteiger partial charge is 0.415 e. The average molecular weight is 443 g/mol. The van der Waals surface area contributed by atoms with Crippen LogP contribution in [0.2, 0.25) is 5.02 Å². The molecule has 9 heteroatoms. The summed E-state index contributed by atoms with van der Waals surface area (Å²) in [6.07, 6.45) is -0.285. The quantitative estimate of drug-likeness (QED) is 0.600. The minimum atomic E-state index is -1.000. The van der Waals surface area contributed by atoms with Crippen LogP contribution in [0.15, 0.2) is 54.7 Å². The molecule has 0 fully saturated rings. The molecule has 0 radical (unpaired) electrons. The first-order valence-electron chi connectivity index (χ1n) is 9.45. The van der Waals surface area contributed by atoms with E-state index in [1.54, 1.807) is 49.3 Å². The molecule has 0 spiro atoms. The molecule has 3 rings (SSSR count). The fourth-order valence-electron chi connectivity index (χ4n) is 2.84. The number of rotatable bonds is 6. The number of aliphatic hydroxyl groups is 1. The molecule has 8 nitrogen and oxygen atoms in total. The third kappa shape index (κ3) is 5.42. The Hall–Kier alpha value is -3.36. The standard InChI is InChI=1S/C22H23ClN4O4/c1-26(2)21-24-12-19(20(25-21)16-9-4-5-10-17(16)23)31-22(30)27(3)13-18(29)14-7-6-8-15(28)11-14/h4-12,18,28-29H,13H2,1-3H3. The maximum absolute atomic E-state index is 12.7. The number of halogens is 1. The van der Waals surface area contributed by atoms with Crippen LogP contribution in [0, 0.1) is 0 Å². The van der Waals surface area contributed by atoms with Gasteiger partial charge in [-0.25, -0.2) is 14.8 Å². The summed E-state index contributed by atoms with van der Waals surface area (Å²) in [6, 6.07) is 13.3. The molecular formula is C22H23ClN4O4. The molecule has 162 valence electrons. The molecule has 0 saturated heterocycles. The van der Waals surface area contributed by atoms with Gasteiger partial charge in [0.2, 0.25) is 5.95 Å². The van der Waals surface area contributed by atoms with Crippen molar-refractivity contribution >= 4 is 23.6 Å². The number of carbonyl (C=O) groups is 1. The fourth-order valence-corrected chi connectivity index (χ4v) is 3.07. The number of phenolic OH excluding ortho intramolecular Hbond substituents is 1. The highest BCUT2D eigenvalue weighted by Gasteiger charge is 2.21. The van der Waals surface area contributed by atoms with Crippen molar-refractivity contribution in [2.75, 3.05) is 32.6 Å². The first-order valence-corrected chi connectivity index (χ1v) is 9.83. The van der Waals surface area contributed by atoms with E-state index in [0.717, 1.165) is 0 Å². The second-order valence-corrected chi connectivity index (χ2v) is 7.52. The van der Waals surface area contributed by atoms with Crippen LogP contribution in [0.25, 0.3) is 11.3 Å². The summed E-state index contributed by atoms with van der Waals surface area (Å²) >= 11 is 6.33. The van der Waals surface area contributed by atoms with Crippen molar-refractivity contribution in [3.8, 4) is 22.8 Å². The van der Waals surface area contributed by atoms with Gasteiger partial charge in [0.05, 0.1) is 23.9 Å². The zero-order chi connectivity index (χ0) is 22.5. The number of aromatic nitrogens is 2. The first-order chi connectivity index (χ1) is 14.8. The topological polar surface area (TPSA) is 99.0 Å². The molecule has 1 unspecified atom stereocenters. The minimum absolute atomic E-state index is 0.0318. The number of hydrogen-bond acceptors (Lipinski definition) is 7. The van der Waals surface area contributed by atoms with Gasteiger partial charge in [0, 0.05) is 26.7 Å². The van der Waals surface area contributed by atoms with E-state index in [1.807, 2.05) is 6.07 Å². The lowest BCUT2D eigenvalue weighted by molar-refractivity contribution is 0.112. The Balaban J connectivity index is 1.82. The van der Waals surface area contributed by atoms with Gasteiger partial charge in [-0.05, 0) is 23.8 Å². The maximum Gasteiger partial charge on any atom is 0.415 e. The molecule has 2 aromatic carbocycles. The second-order valence-electron chi connectivity index (χ2n) is 7.12. The van der Waals surface area contributed by atoms with Crippen LogP contribution in [-0.2, 0) is 0 Å². The van der Waals surface area contributed by atoms with Crippen LogP contribution in [0.3, 0.4) is 0 Å². The van der Waals surface area contributed by atoms with Gasteiger partial charge in [-0.3, -0.25) is 0 Å². The lowest BCUT2D eigenvalue weighted by atomic mass is 10.1. The van der Waals surface area contributed by atoms with E-state index >= 15 is 0 Å². The van der Waals surface area contributed by atoms with Crippen LogP contribution in [0.4, 0.5) is 10.7 Å². The number of aliphatic hydroxyl groups excluding tert-OH is 1. The third-order valence-electron chi connectivity index (χ3n) is 4.48. The molecule has 0 aliphatic carbocycles. The Bertz CT molecular complexity index is 1080. The van der Waals surface area contributed by atoms with Gasteiger partial charge < -0.3 is 24.7 Å². The summed E-state index contributed by atoms with van der Waals surface area (Å²) in [6.45, 7) is -0.0413. The average Bonchev–Trinajstić information content (AvgIpc) is 2.74. The number of hydrogen-bond donors (Lipinski definition) is 2.